The number of hydrogen-bond donors (Lipinski definition) is 2. The lowest BCUT2D eigenvalue weighted by Crippen LogP contribution is -2.56. The zero-order chi connectivity index (χ0) is 21.7. The first-order valence-electron chi connectivity index (χ1n) is 10.3. The molecule has 1 heterocycles. The van der Waals surface area contributed by atoms with Gasteiger partial charge in [-0.25, -0.2) is 0 Å². The lowest BCUT2D eigenvalue weighted by Gasteiger charge is -2.38. The number of β-amino-alcohol motifs (C(OH)–C–C–N with tert-alkyl or cyclic N) is 1. The van der Waals surface area contributed by atoms with Crippen LogP contribution in [-0.4, -0.2) is 53.9 Å². The number of methoxy groups -OCH3 is 1. The standard InChI is InChI=1S/C24H32N2O4/c1-24(2,3)25-23(28)22-13-17-7-5-6-8-18(17)14-26(22)15-19(27)16-30-21-11-9-20(29-4)10-12-21/h5-12,19,22,27H,13-16H2,1-4H3,(H,25,28). The Labute approximate surface area is 178 Å². The average molecular weight is 413 g/mol. The number of hydrogen-bond acceptors (Lipinski definition) is 5. The summed E-state index contributed by atoms with van der Waals surface area (Å²) in [6.45, 7) is 7.06. The first-order chi connectivity index (χ1) is 14.2. The number of benzene rings is 2. The molecule has 2 unspecified atom stereocenters. The van der Waals surface area contributed by atoms with Crippen molar-refractivity contribution in [3.05, 3.63) is 59.7 Å². The molecule has 0 fully saturated rings. The second-order valence-electron chi connectivity index (χ2n) is 8.80. The van der Waals surface area contributed by atoms with Crippen molar-refractivity contribution in [2.45, 2.75) is 51.4 Å². The number of nitrogens with zero attached hydrogens (tertiary/aromatic N) is 1. The van der Waals surface area contributed by atoms with Crippen molar-refractivity contribution in [3.63, 3.8) is 0 Å². The molecule has 2 aromatic rings. The van der Waals surface area contributed by atoms with Crippen LogP contribution in [0.4, 0.5) is 0 Å². The van der Waals surface area contributed by atoms with Crippen LogP contribution in [0.5, 0.6) is 11.5 Å². The third-order valence-electron chi connectivity index (χ3n) is 5.09. The Hall–Kier alpha value is -2.57. The highest BCUT2D eigenvalue weighted by molar-refractivity contribution is 5.83. The number of aliphatic hydroxyl groups is 1. The number of carbonyl (C=O) groups excluding carboxylic acids is 1. The quantitative estimate of drug-likeness (QED) is 0.732. The molecule has 30 heavy (non-hydrogen) atoms. The van der Waals surface area contributed by atoms with Crippen LogP contribution in [0.25, 0.3) is 0 Å². The molecular weight excluding hydrogens is 380 g/mol. The van der Waals surface area contributed by atoms with Crippen LogP contribution in [0.1, 0.15) is 31.9 Å². The van der Waals surface area contributed by atoms with Crippen LogP contribution in [0.2, 0.25) is 0 Å². The Bertz CT molecular complexity index is 845. The highest BCUT2D eigenvalue weighted by Gasteiger charge is 2.34. The maximum Gasteiger partial charge on any atom is 0.238 e. The molecule has 0 spiro atoms. The van der Waals surface area contributed by atoms with Crippen LogP contribution in [0, 0.1) is 0 Å². The minimum Gasteiger partial charge on any atom is -0.497 e. The third-order valence-corrected chi connectivity index (χ3v) is 5.09. The predicted octanol–water partition coefficient (Wildman–Crippen LogP) is 2.78. The topological polar surface area (TPSA) is 71.0 Å². The zero-order valence-corrected chi connectivity index (χ0v) is 18.2. The summed E-state index contributed by atoms with van der Waals surface area (Å²) in [7, 11) is 1.61. The van der Waals surface area contributed by atoms with Crippen LogP contribution < -0.4 is 14.8 Å². The van der Waals surface area contributed by atoms with Crippen molar-refractivity contribution in [3.8, 4) is 11.5 Å². The molecule has 0 aliphatic carbocycles. The van der Waals surface area contributed by atoms with Crippen LogP contribution in [-0.2, 0) is 17.8 Å². The van der Waals surface area contributed by atoms with Gasteiger partial charge in [0.05, 0.1) is 13.2 Å². The molecular formula is C24H32N2O4. The van der Waals surface area contributed by atoms with Gasteiger partial charge in [0.15, 0.2) is 0 Å². The molecule has 0 aromatic heterocycles. The average Bonchev–Trinajstić information content (AvgIpc) is 2.71. The van der Waals surface area contributed by atoms with E-state index in [1.807, 2.05) is 62.1 Å². The van der Waals surface area contributed by atoms with Gasteiger partial charge in [0.25, 0.3) is 0 Å². The van der Waals surface area contributed by atoms with E-state index < -0.39 is 6.10 Å². The van der Waals surface area contributed by atoms with E-state index in [2.05, 4.69) is 17.4 Å². The number of carbonyl (C=O) groups is 1. The van der Waals surface area contributed by atoms with E-state index >= 15 is 0 Å². The maximum absolute atomic E-state index is 13.0. The Morgan fingerprint density at radius 2 is 1.77 bits per heavy atom. The first kappa shape index (κ1) is 22.1. The minimum atomic E-state index is -0.720. The fourth-order valence-corrected chi connectivity index (χ4v) is 3.67. The molecule has 6 nitrogen and oxygen atoms in total. The van der Waals surface area contributed by atoms with Crippen molar-refractivity contribution in [2.24, 2.45) is 0 Å². The van der Waals surface area contributed by atoms with E-state index in [0.29, 0.717) is 25.3 Å². The third kappa shape index (κ3) is 5.97. The molecule has 0 bridgehead atoms. The Morgan fingerprint density at radius 1 is 1.13 bits per heavy atom. The Kier molecular flexibility index (Phi) is 7.00. The van der Waals surface area contributed by atoms with Crippen LogP contribution in [0.15, 0.2) is 48.5 Å². The molecule has 0 radical (unpaired) electrons. The zero-order valence-electron chi connectivity index (χ0n) is 18.2. The van der Waals surface area contributed by atoms with Gasteiger partial charge in [-0.2, -0.15) is 0 Å². The number of amides is 1. The highest BCUT2D eigenvalue weighted by atomic mass is 16.5. The summed E-state index contributed by atoms with van der Waals surface area (Å²) in [6.07, 6.45) is -0.0910. The summed E-state index contributed by atoms with van der Waals surface area (Å²) in [6, 6.07) is 15.1. The van der Waals surface area contributed by atoms with E-state index in [9.17, 15) is 9.90 Å². The monoisotopic (exact) mass is 412 g/mol. The van der Waals surface area contributed by atoms with Crippen LogP contribution >= 0.6 is 0 Å². The summed E-state index contributed by atoms with van der Waals surface area (Å²) >= 11 is 0. The van der Waals surface area contributed by atoms with Crippen molar-refractivity contribution < 1.29 is 19.4 Å². The van der Waals surface area contributed by atoms with Crippen LogP contribution in [0.3, 0.4) is 0 Å². The second kappa shape index (κ2) is 9.49. The molecule has 2 atom stereocenters. The van der Waals surface area contributed by atoms with Gasteiger partial charge in [-0.1, -0.05) is 24.3 Å². The molecule has 1 amide bonds. The molecule has 162 valence electrons. The molecule has 2 aromatic carbocycles. The SMILES string of the molecule is COc1ccc(OCC(O)CN2Cc3ccccc3CC2C(=O)NC(C)(C)C)cc1. The number of ether oxygens (including phenoxy) is 2. The first-order valence-corrected chi connectivity index (χ1v) is 10.3. The van der Waals surface area contributed by atoms with E-state index in [1.165, 1.54) is 11.1 Å². The largest absolute Gasteiger partial charge is 0.497 e. The van der Waals surface area contributed by atoms with Crippen molar-refractivity contribution in [1.29, 1.82) is 0 Å². The number of aliphatic hydroxyl groups excluding tert-OH is 1. The molecule has 2 N–H and O–H groups in total. The van der Waals surface area contributed by atoms with Gasteiger partial charge in [0.1, 0.15) is 24.2 Å². The van der Waals surface area contributed by atoms with E-state index in [4.69, 9.17) is 9.47 Å². The summed E-state index contributed by atoms with van der Waals surface area (Å²) in [5.41, 5.74) is 2.07. The second-order valence-corrected chi connectivity index (χ2v) is 8.80. The molecule has 6 heteroatoms. The Morgan fingerprint density at radius 3 is 2.40 bits per heavy atom. The number of rotatable bonds is 7. The Balaban J connectivity index is 1.66. The molecule has 0 saturated heterocycles. The highest BCUT2D eigenvalue weighted by Crippen LogP contribution is 2.24. The van der Waals surface area contributed by atoms with Gasteiger partial charge < -0.3 is 19.9 Å². The normalized spacial score (nSPS) is 17.7. The van der Waals surface area contributed by atoms with E-state index in [1.54, 1.807) is 7.11 Å². The van der Waals surface area contributed by atoms with Gasteiger partial charge in [0, 0.05) is 18.6 Å². The number of nitrogens with one attached hydrogen (secondary N) is 1. The van der Waals surface area contributed by atoms with Gasteiger partial charge in [-0.05, 0) is 62.6 Å². The summed E-state index contributed by atoms with van der Waals surface area (Å²) in [5.74, 6) is 1.41. The smallest absolute Gasteiger partial charge is 0.238 e. The molecule has 3 rings (SSSR count). The summed E-state index contributed by atoms with van der Waals surface area (Å²) < 4.78 is 10.9. The molecule has 1 aliphatic heterocycles. The predicted molar refractivity (Wildman–Crippen MR) is 117 cm³/mol. The minimum absolute atomic E-state index is 0.0136. The van der Waals surface area contributed by atoms with E-state index in [0.717, 1.165) is 5.75 Å². The lowest BCUT2D eigenvalue weighted by molar-refractivity contribution is -0.129. The summed E-state index contributed by atoms with van der Waals surface area (Å²) in [4.78, 5) is 15.0. The van der Waals surface area contributed by atoms with Crippen molar-refractivity contribution in [2.75, 3.05) is 20.3 Å². The van der Waals surface area contributed by atoms with Crippen molar-refractivity contribution in [1.82, 2.24) is 10.2 Å². The molecule has 0 saturated carbocycles. The fraction of sp³-hybridized carbons (Fsp3) is 0.458. The van der Waals surface area contributed by atoms with E-state index in [-0.39, 0.29) is 24.1 Å². The van der Waals surface area contributed by atoms with Gasteiger partial charge in [-0.15, -0.1) is 0 Å². The fourth-order valence-electron chi connectivity index (χ4n) is 3.67. The van der Waals surface area contributed by atoms with Gasteiger partial charge in [-0.3, -0.25) is 9.69 Å². The van der Waals surface area contributed by atoms with Crippen molar-refractivity contribution >= 4 is 5.91 Å². The lowest BCUT2D eigenvalue weighted by atomic mass is 9.92. The molecule has 1 aliphatic rings. The maximum atomic E-state index is 13.0. The van der Waals surface area contributed by atoms with Gasteiger partial charge >= 0.3 is 0 Å². The summed E-state index contributed by atoms with van der Waals surface area (Å²) in [5, 5.41) is 13.7. The van der Waals surface area contributed by atoms with Gasteiger partial charge in [0.2, 0.25) is 5.91 Å². The number of fused-ring (bicyclic) bond motifs is 1.